The van der Waals surface area contributed by atoms with E-state index in [9.17, 15) is 9.59 Å². The molecule has 2 aliphatic rings. The largest absolute Gasteiger partial charge is 0.454 e. The number of ether oxygens (including phenoxy) is 2. The van der Waals surface area contributed by atoms with Crippen LogP contribution in [0.15, 0.2) is 18.2 Å². The molecule has 0 atom stereocenters. The van der Waals surface area contributed by atoms with Crippen LogP contribution in [0.1, 0.15) is 53.5 Å². The van der Waals surface area contributed by atoms with Crippen LogP contribution < -0.4 is 20.1 Å². The highest BCUT2D eigenvalue weighted by Crippen LogP contribution is 2.34. The SMILES string of the molecule is CC(C)CNC(=O)c1nc(C(=O)Nc2ccc3c(c2)OCO3)c2n1CCCC2. The molecule has 0 radical (unpaired) electrons. The smallest absolute Gasteiger partial charge is 0.287 e. The van der Waals surface area contributed by atoms with E-state index in [0.717, 1.165) is 25.0 Å². The predicted octanol–water partition coefficient (Wildman–Crippen LogP) is 2.59. The molecule has 148 valence electrons. The third-order valence-corrected chi connectivity index (χ3v) is 4.84. The van der Waals surface area contributed by atoms with Crippen LogP contribution in [-0.2, 0) is 13.0 Å². The Bertz CT molecular complexity index is 919. The van der Waals surface area contributed by atoms with Gasteiger partial charge < -0.3 is 24.7 Å². The second-order valence-electron chi connectivity index (χ2n) is 7.47. The molecular formula is C20H24N4O4. The Hall–Kier alpha value is -3.03. The Morgan fingerprint density at radius 2 is 2.00 bits per heavy atom. The zero-order chi connectivity index (χ0) is 19.7. The van der Waals surface area contributed by atoms with Crippen LogP contribution in [-0.4, -0.2) is 34.7 Å². The topological polar surface area (TPSA) is 94.5 Å². The first-order chi connectivity index (χ1) is 13.5. The molecule has 4 rings (SSSR count). The first-order valence-corrected chi connectivity index (χ1v) is 9.61. The van der Waals surface area contributed by atoms with Crippen molar-refractivity contribution in [1.82, 2.24) is 14.9 Å². The van der Waals surface area contributed by atoms with Crippen molar-refractivity contribution in [2.45, 2.75) is 39.7 Å². The number of nitrogens with zero attached hydrogens (tertiary/aromatic N) is 2. The fourth-order valence-corrected chi connectivity index (χ4v) is 3.44. The van der Waals surface area contributed by atoms with Gasteiger partial charge in [-0.2, -0.15) is 0 Å². The van der Waals surface area contributed by atoms with Gasteiger partial charge in [-0.1, -0.05) is 13.8 Å². The Balaban J connectivity index is 1.58. The maximum Gasteiger partial charge on any atom is 0.287 e. The molecule has 1 aromatic carbocycles. The van der Waals surface area contributed by atoms with Gasteiger partial charge >= 0.3 is 0 Å². The Kier molecular flexibility index (Phi) is 4.93. The standard InChI is InChI=1S/C20H24N4O4/c1-12(2)10-21-20(26)18-23-17(14-5-3-4-8-24(14)18)19(25)22-13-6-7-15-16(9-13)28-11-27-15/h6-7,9,12H,3-5,8,10-11H2,1-2H3,(H,21,26)(H,22,25). The van der Waals surface area contributed by atoms with Crippen LogP contribution in [0, 0.1) is 5.92 Å². The Morgan fingerprint density at radius 3 is 2.82 bits per heavy atom. The molecule has 0 bridgehead atoms. The van der Waals surface area contributed by atoms with Crippen molar-refractivity contribution in [3.8, 4) is 11.5 Å². The van der Waals surface area contributed by atoms with Crippen LogP contribution >= 0.6 is 0 Å². The predicted molar refractivity (Wildman–Crippen MR) is 103 cm³/mol. The lowest BCUT2D eigenvalue weighted by Crippen LogP contribution is -2.30. The van der Waals surface area contributed by atoms with E-state index >= 15 is 0 Å². The van der Waals surface area contributed by atoms with E-state index in [1.165, 1.54) is 0 Å². The van der Waals surface area contributed by atoms with E-state index in [-0.39, 0.29) is 18.6 Å². The summed E-state index contributed by atoms with van der Waals surface area (Å²) in [5.41, 5.74) is 1.73. The van der Waals surface area contributed by atoms with Crippen LogP contribution in [0.2, 0.25) is 0 Å². The number of nitrogens with one attached hydrogen (secondary N) is 2. The minimum atomic E-state index is -0.326. The molecule has 0 aliphatic carbocycles. The molecule has 1 aromatic heterocycles. The van der Waals surface area contributed by atoms with E-state index in [0.29, 0.717) is 47.7 Å². The number of carbonyl (C=O) groups is 2. The van der Waals surface area contributed by atoms with Crippen LogP contribution in [0.5, 0.6) is 11.5 Å². The Morgan fingerprint density at radius 1 is 1.18 bits per heavy atom. The van der Waals surface area contributed by atoms with Gasteiger partial charge in [-0.15, -0.1) is 0 Å². The van der Waals surface area contributed by atoms with Gasteiger partial charge in [0.25, 0.3) is 11.8 Å². The molecule has 2 aromatic rings. The second-order valence-corrected chi connectivity index (χ2v) is 7.47. The van der Waals surface area contributed by atoms with Crippen molar-refractivity contribution >= 4 is 17.5 Å². The van der Waals surface area contributed by atoms with Gasteiger partial charge in [0.2, 0.25) is 6.79 Å². The molecular weight excluding hydrogens is 360 g/mol. The van der Waals surface area contributed by atoms with Gasteiger partial charge in [-0.25, -0.2) is 4.98 Å². The third-order valence-electron chi connectivity index (χ3n) is 4.84. The van der Waals surface area contributed by atoms with Crippen molar-refractivity contribution in [3.05, 3.63) is 35.4 Å². The first-order valence-electron chi connectivity index (χ1n) is 9.61. The highest BCUT2D eigenvalue weighted by Gasteiger charge is 2.27. The number of anilines is 1. The highest BCUT2D eigenvalue weighted by atomic mass is 16.7. The van der Waals surface area contributed by atoms with Gasteiger partial charge in [-0.05, 0) is 37.3 Å². The maximum atomic E-state index is 12.9. The molecule has 0 unspecified atom stereocenters. The first kappa shape index (κ1) is 18.3. The highest BCUT2D eigenvalue weighted by molar-refractivity contribution is 6.05. The quantitative estimate of drug-likeness (QED) is 0.826. The maximum absolute atomic E-state index is 12.9. The summed E-state index contributed by atoms with van der Waals surface area (Å²) in [5, 5.41) is 5.75. The number of imidazole rings is 1. The molecule has 0 saturated heterocycles. The van der Waals surface area contributed by atoms with Crippen LogP contribution in [0.4, 0.5) is 5.69 Å². The number of hydrogen-bond donors (Lipinski definition) is 2. The summed E-state index contributed by atoms with van der Waals surface area (Å²) in [6, 6.07) is 5.23. The van der Waals surface area contributed by atoms with Crippen LogP contribution in [0.25, 0.3) is 0 Å². The molecule has 8 nitrogen and oxygen atoms in total. The average Bonchev–Trinajstić information content (AvgIpc) is 3.30. The van der Waals surface area contributed by atoms with Crippen molar-refractivity contribution < 1.29 is 19.1 Å². The Labute approximate surface area is 163 Å². The molecule has 0 saturated carbocycles. The van der Waals surface area contributed by atoms with E-state index in [1.54, 1.807) is 18.2 Å². The molecule has 0 fully saturated rings. The van der Waals surface area contributed by atoms with E-state index in [1.807, 2.05) is 18.4 Å². The number of hydrogen-bond acceptors (Lipinski definition) is 5. The summed E-state index contributed by atoms with van der Waals surface area (Å²) >= 11 is 0. The third kappa shape index (κ3) is 3.54. The summed E-state index contributed by atoms with van der Waals surface area (Å²) in [7, 11) is 0. The van der Waals surface area contributed by atoms with E-state index in [4.69, 9.17) is 9.47 Å². The normalized spacial score (nSPS) is 14.7. The number of aromatic nitrogens is 2. The lowest BCUT2D eigenvalue weighted by atomic mass is 10.1. The number of rotatable bonds is 5. The summed E-state index contributed by atoms with van der Waals surface area (Å²) in [6.45, 7) is 5.51. The fourth-order valence-electron chi connectivity index (χ4n) is 3.44. The molecule has 2 aliphatic heterocycles. The van der Waals surface area contributed by atoms with Gasteiger partial charge in [0.1, 0.15) is 0 Å². The lowest BCUT2D eigenvalue weighted by molar-refractivity contribution is 0.0933. The van der Waals surface area contributed by atoms with Gasteiger partial charge in [0.15, 0.2) is 23.0 Å². The summed E-state index contributed by atoms with van der Waals surface area (Å²) in [5.74, 6) is 1.34. The van der Waals surface area contributed by atoms with Crippen molar-refractivity contribution in [2.24, 2.45) is 5.92 Å². The van der Waals surface area contributed by atoms with Crippen molar-refractivity contribution in [2.75, 3.05) is 18.7 Å². The summed E-state index contributed by atoms with van der Waals surface area (Å²) in [6.07, 6.45) is 2.68. The van der Waals surface area contributed by atoms with Gasteiger partial charge in [0.05, 0.1) is 5.69 Å². The monoisotopic (exact) mass is 384 g/mol. The number of carbonyl (C=O) groups excluding carboxylic acids is 2. The lowest BCUT2D eigenvalue weighted by Gasteiger charge is -2.17. The number of benzene rings is 1. The average molecular weight is 384 g/mol. The molecule has 8 heteroatoms. The molecule has 3 heterocycles. The van der Waals surface area contributed by atoms with E-state index in [2.05, 4.69) is 15.6 Å². The van der Waals surface area contributed by atoms with Gasteiger partial charge in [-0.3, -0.25) is 9.59 Å². The minimum absolute atomic E-state index is 0.177. The number of amides is 2. The zero-order valence-corrected chi connectivity index (χ0v) is 16.1. The zero-order valence-electron chi connectivity index (χ0n) is 16.1. The van der Waals surface area contributed by atoms with E-state index < -0.39 is 0 Å². The summed E-state index contributed by atoms with van der Waals surface area (Å²) < 4.78 is 12.5. The summed E-state index contributed by atoms with van der Waals surface area (Å²) in [4.78, 5) is 29.9. The second kappa shape index (κ2) is 7.53. The van der Waals surface area contributed by atoms with Crippen molar-refractivity contribution in [3.63, 3.8) is 0 Å². The minimum Gasteiger partial charge on any atom is -0.454 e. The molecule has 0 spiro atoms. The van der Waals surface area contributed by atoms with Crippen LogP contribution in [0.3, 0.4) is 0 Å². The molecule has 28 heavy (non-hydrogen) atoms. The van der Waals surface area contributed by atoms with Crippen molar-refractivity contribution in [1.29, 1.82) is 0 Å². The van der Waals surface area contributed by atoms with Gasteiger partial charge in [0, 0.05) is 24.8 Å². The number of fused-ring (bicyclic) bond motifs is 2. The fraction of sp³-hybridized carbons (Fsp3) is 0.450. The molecule has 2 amide bonds. The molecule has 2 N–H and O–H groups in total.